The van der Waals surface area contributed by atoms with E-state index >= 15 is 0 Å². The van der Waals surface area contributed by atoms with E-state index in [2.05, 4.69) is 11.4 Å². The summed E-state index contributed by atoms with van der Waals surface area (Å²) in [5, 5.41) is 13.1. The Labute approximate surface area is 128 Å². The van der Waals surface area contributed by atoms with Gasteiger partial charge in [-0.3, -0.25) is 0 Å². The summed E-state index contributed by atoms with van der Waals surface area (Å²) in [7, 11) is 3.16. The van der Waals surface area contributed by atoms with Gasteiger partial charge in [0, 0.05) is 11.3 Å². The molecule has 1 unspecified atom stereocenters. The number of hydrogen-bond donors (Lipinski definition) is 1. The first-order valence-electron chi connectivity index (χ1n) is 6.32. The third-order valence-electron chi connectivity index (χ3n) is 3.05. The van der Waals surface area contributed by atoms with Gasteiger partial charge in [0.1, 0.15) is 17.5 Å². The molecule has 0 spiro atoms. The van der Waals surface area contributed by atoms with Crippen molar-refractivity contribution in [2.24, 2.45) is 0 Å². The van der Waals surface area contributed by atoms with Crippen LogP contribution in [0, 0.1) is 11.3 Å². The largest absolute Gasteiger partial charge is 0.497 e. The van der Waals surface area contributed by atoms with Crippen LogP contribution in [0.1, 0.15) is 11.6 Å². The van der Waals surface area contributed by atoms with Crippen molar-refractivity contribution in [3.05, 3.63) is 53.1 Å². The zero-order chi connectivity index (χ0) is 15.2. The summed E-state index contributed by atoms with van der Waals surface area (Å²) in [5.41, 5.74) is 1.42. The Balaban J connectivity index is 2.30. The van der Waals surface area contributed by atoms with Crippen LogP contribution in [0.3, 0.4) is 0 Å². The van der Waals surface area contributed by atoms with Crippen molar-refractivity contribution in [3.8, 4) is 17.6 Å². The monoisotopic (exact) mass is 302 g/mol. The van der Waals surface area contributed by atoms with Crippen molar-refractivity contribution in [2.75, 3.05) is 19.5 Å². The van der Waals surface area contributed by atoms with Crippen molar-refractivity contribution in [2.45, 2.75) is 6.04 Å². The summed E-state index contributed by atoms with van der Waals surface area (Å²) in [4.78, 5) is 0. The number of hydrogen-bond acceptors (Lipinski definition) is 4. The van der Waals surface area contributed by atoms with Gasteiger partial charge in [-0.2, -0.15) is 5.26 Å². The van der Waals surface area contributed by atoms with Gasteiger partial charge in [-0.15, -0.1) is 0 Å². The SMILES string of the molecule is COc1ccc(NC(C#N)c2c(Cl)cccc2OC)cc1. The minimum Gasteiger partial charge on any atom is -0.497 e. The molecular weight excluding hydrogens is 288 g/mol. The average molecular weight is 303 g/mol. The Morgan fingerprint density at radius 2 is 1.81 bits per heavy atom. The lowest BCUT2D eigenvalue weighted by Crippen LogP contribution is -2.10. The zero-order valence-electron chi connectivity index (χ0n) is 11.8. The van der Waals surface area contributed by atoms with E-state index < -0.39 is 6.04 Å². The van der Waals surface area contributed by atoms with Gasteiger partial charge < -0.3 is 14.8 Å². The van der Waals surface area contributed by atoms with Crippen molar-refractivity contribution in [1.29, 1.82) is 5.26 Å². The minimum atomic E-state index is -0.609. The van der Waals surface area contributed by atoms with Crippen molar-refractivity contribution >= 4 is 17.3 Å². The molecule has 0 bridgehead atoms. The summed E-state index contributed by atoms with van der Waals surface area (Å²) < 4.78 is 10.4. The number of nitriles is 1. The highest BCUT2D eigenvalue weighted by Crippen LogP contribution is 2.34. The summed E-state index contributed by atoms with van der Waals surface area (Å²) in [6.07, 6.45) is 0. The summed E-state index contributed by atoms with van der Waals surface area (Å²) in [5.74, 6) is 1.33. The van der Waals surface area contributed by atoms with E-state index in [-0.39, 0.29) is 0 Å². The lowest BCUT2D eigenvalue weighted by Gasteiger charge is -2.17. The van der Waals surface area contributed by atoms with Crippen LogP contribution in [0.4, 0.5) is 5.69 Å². The van der Waals surface area contributed by atoms with E-state index in [0.29, 0.717) is 16.3 Å². The van der Waals surface area contributed by atoms with Crippen LogP contribution in [0.15, 0.2) is 42.5 Å². The van der Waals surface area contributed by atoms with E-state index in [1.807, 2.05) is 24.3 Å². The van der Waals surface area contributed by atoms with Gasteiger partial charge in [-0.1, -0.05) is 17.7 Å². The molecule has 0 aliphatic carbocycles. The molecule has 2 rings (SSSR count). The van der Waals surface area contributed by atoms with Gasteiger partial charge in [0.05, 0.1) is 25.3 Å². The van der Waals surface area contributed by atoms with Gasteiger partial charge in [0.25, 0.3) is 0 Å². The second-order valence-corrected chi connectivity index (χ2v) is 4.70. The van der Waals surface area contributed by atoms with Crippen LogP contribution >= 0.6 is 11.6 Å². The van der Waals surface area contributed by atoms with Crippen molar-refractivity contribution < 1.29 is 9.47 Å². The highest BCUT2D eigenvalue weighted by Gasteiger charge is 2.19. The maximum Gasteiger partial charge on any atom is 0.145 e. The quantitative estimate of drug-likeness (QED) is 0.906. The number of anilines is 1. The topological polar surface area (TPSA) is 54.3 Å². The standard InChI is InChI=1S/C16H15ClN2O2/c1-20-12-8-6-11(7-9-12)19-14(10-18)16-13(17)4-3-5-15(16)21-2/h3-9,14,19H,1-2H3. The number of benzene rings is 2. The molecule has 0 saturated heterocycles. The first kappa shape index (κ1) is 15.0. The van der Waals surface area contributed by atoms with E-state index in [1.54, 1.807) is 32.4 Å². The molecule has 0 amide bonds. The minimum absolute atomic E-state index is 0.488. The molecule has 0 aromatic heterocycles. The molecular formula is C16H15ClN2O2. The summed E-state index contributed by atoms with van der Waals surface area (Å²) in [6.45, 7) is 0. The molecule has 2 aromatic carbocycles. The molecule has 0 fully saturated rings. The Bertz CT molecular complexity index is 650. The van der Waals surface area contributed by atoms with Gasteiger partial charge in [0.2, 0.25) is 0 Å². The third-order valence-corrected chi connectivity index (χ3v) is 3.38. The van der Waals surface area contributed by atoms with Crippen LogP contribution < -0.4 is 14.8 Å². The predicted molar refractivity (Wildman–Crippen MR) is 83.0 cm³/mol. The van der Waals surface area contributed by atoms with E-state index in [1.165, 1.54) is 0 Å². The molecule has 1 atom stereocenters. The van der Waals surface area contributed by atoms with Crippen molar-refractivity contribution in [3.63, 3.8) is 0 Å². The van der Waals surface area contributed by atoms with E-state index in [9.17, 15) is 5.26 Å². The molecule has 0 saturated carbocycles. The van der Waals surface area contributed by atoms with Gasteiger partial charge in [-0.05, 0) is 36.4 Å². The zero-order valence-corrected chi connectivity index (χ0v) is 12.5. The molecule has 21 heavy (non-hydrogen) atoms. The smallest absolute Gasteiger partial charge is 0.145 e. The number of halogens is 1. The number of ether oxygens (including phenoxy) is 2. The fourth-order valence-corrected chi connectivity index (χ4v) is 2.27. The molecule has 5 heteroatoms. The van der Waals surface area contributed by atoms with Gasteiger partial charge >= 0.3 is 0 Å². The Hall–Kier alpha value is -2.38. The van der Waals surface area contributed by atoms with Gasteiger partial charge in [0.15, 0.2) is 0 Å². The second kappa shape index (κ2) is 6.87. The molecule has 0 aliphatic heterocycles. The van der Waals surface area contributed by atoms with Crippen LogP contribution in [0.2, 0.25) is 5.02 Å². The predicted octanol–water partition coefficient (Wildman–Crippen LogP) is 4.03. The van der Waals surface area contributed by atoms with E-state index in [0.717, 1.165) is 11.4 Å². The Morgan fingerprint density at radius 3 is 2.38 bits per heavy atom. The fraction of sp³-hybridized carbons (Fsp3) is 0.188. The number of nitrogens with zero attached hydrogens (tertiary/aromatic N) is 1. The number of nitrogens with one attached hydrogen (secondary N) is 1. The van der Waals surface area contributed by atoms with E-state index in [4.69, 9.17) is 21.1 Å². The number of methoxy groups -OCH3 is 2. The maximum absolute atomic E-state index is 9.43. The lowest BCUT2D eigenvalue weighted by molar-refractivity contribution is 0.409. The first-order chi connectivity index (χ1) is 10.2. The Morgan fingerprint density at radius 1 is 1.10 bits per heavy atom. The average Bonchev–Trinajstić information content (AvgIpc) is 2.53. The third kappa shape index (κ3) is 3.39. The molecule has 4 nitrogen and oxygen atoms in total. The van der Waals surface area contributed by atoms with Crippen molar-refractivity contribution in [1.82, 2.24) is 0 Å². The Kier molecular flexibility index (Phi) is 4.91. The normalized spacial score (nSPS) is 11.3. The highest BCUT2D eigenvalue weighted by atomic mass is 35.5. The van der Waals surface area contributed by atoms with Crippen LogP contribution in [0.5, 0.6) is 11.5 Å². The summed E-state index contributed by atoms with van der Waals surface area (Å²) in [6, 6.07) is 14.2. The molecule has 0 heterocycles. The molecule has 0 radical (unpaired) electrons. The summed E-state index contributed by atoms with van der Waals surface area (Å²) >= 11 is 6.20. The molecule has 2 aromatic rings. The highest BCUT2D eigenvalue weighted by molar-refractivity contribution is 6.31. The fourth-order valence-electron chi connectivity index (χ4n) is 2.00. The molecule has 1 N–H and O–H groups in total. The second-order valence-electron chi connectivity index (χ2n) is 4.29. The van der Waals surface area contributed by atoms with Crippen LogP contribution in [-0.2, 0) is 0 Å². The van der Waals surface area contributed by atoms with Gasteiger partial charge in [-0.25, -0.2) is 0 Å². The number of rotatable bonds is 5. The first-order valence-corrected chi connectivity index (χ1v) is 6.70. The molecule has 108 valence electrons. The maximum atomic E-state index is 9.43. The molecule has 0 aliphatic rings. The van der Waals surface area contributed by atoms with Crippen LogP contribution in [-0.4, -0.2) is 14.2 Å². The lowest BCUT2D eigenvalue weighted by atomic mass is 10.1. The van der Waals surface area contributed by atoms with Crippen LogP contribution in [0.25, 0.3) is 0 Å².